The Kier molecular flexibility index (Phi) is 5.72. The van der Waals surface area contributed by atoms with Crippen molar-refractivity contribution >= 4 is 11.8 Å². The first kappa shape index (κ1) is 11.6. The van der Waals surface area contributed by atoms with Crippen molar-refractivity contribution in [2.24, 2.45) is 5.73 Å². The van der Waals surface area contributed by atoms with Gasteiger partial charge in [-0.15, -0.1) is 0 Å². The number of aryl methyl sites for hydroxylation is 1. The monoisotopic (exact) mass is 209 g/mol. The number of hydrogen-bond donors (Lipinski definition) is 1. The SMILES string of the molecule is CCc1ccc(CSCCCN)cc1. The Morgan fingerprint density at radius 3 is 2.36 bits per heavy atom. The third-order valence-corrected chi connectivity index (χ3v) is 3.31. The van der Waals surface area contributed by atoms with Crippen molar-refractivity contribution in [2.45, 2.75) is 25.5 Å². The van der Waals surface area contributed by atoms with Crippen LogP contribution < -0.4 is 5.73 Å². The van der Waals surface area contributed by atoms with E-state index in [1.54, 1.807) is 0 Å². The molecule has 14 heavy (non-hydrogen) atoms. The molecule has 1 nitrogen and oxygen atoms in total. The minimum atomic E-state index is 0.807. The van der Waals surface area contributed by atoms with Gasteiger partial charge in [0.2, 0.25) is 0 Å². The molecule has 0 spiro atoms. The molecule has 2 heteroatoms. The molecule has 0 atom stereocenters. The van der Waals surface area contributed by atoms with Crippen molar-refractivity contribution in [3.05, 3.63) is 35.4 Å². The Morgan fingerprint density at radius 1 is 1.14 bits per heavy atom. The summed E-state index contributed by atoms with van der Waals surface area (Å²) in [6.45, 7) is 2.99. The lowest BCUT2D eigenvalue weighted by Crippen LogP contribution is -1.99. The molecular weight excluding hydrogens is 190 g/mol. The zero-order chi connectivity index (χ0) is 10.2. The highest BCUT2D eigenvalue weighted by Gasteiger charge is 1.93. The fourth-order valence-electron chi connectivity index (χ4n) is 1.25. The molecule has 0 aliphatic heterocycles. The summed E-state index contributed by atoms with van der Waals surface area (Å²) in [5.74, 6) is 2.29. The maximum absolute atomic E-state index is 5.43. The van der Waals surface area contributed by atoms with Crippen molar-refractivity contribution in [3.63, 3.8) is 0 Å². The summed E-state index contributed by atoms with van der Waals surface area (Å²) in [6, 6.07) is 8.90. The highest BCUT2D eigenvalue weighted by atomic mass is 32.2. The zero-order valence-corrected chi connectivity index (χ0v) is 9.65. The van der Waals surface area contributed by atoms with Crippen LogP contribution in [0.3, 0.4) is 0 Å². The second-order valence-corrected chi connectivity index (χ2v) is 4.47. The van der Waals surface area contributed by atoms with Gasteiger partial charge in [0.05, 0.1) is 0 Å². The maximum Gasteiger partial charge on any atom is 0.0184 e. The van der Waals surface area contributed by atoms with Gasteiger partial charge in [0, 0.05) is 5.75 Å². The Bertz CT molecular complexity index is 243. The van der Waals surface area contributed by atoms with Crippen LogP contribution >= 0.6 is 11.8 Å². The van der Waals surface area contributed by atoms with E-state index in [1.165, 1.54) is 16.9 Å². The molecule has 0 aliphatic carbocycles. The van der Waals surface area contributed by atoms with Gasteiger partial charge < -0.3 is 5.73 Å². The van der Waals surface area contributed by atoms with Crippen LogP contribution in [-0.4, -0.2) is 12.3 Å². The minimum absolute atomic E-state index is 0.807. The molecule has 0 amide bonds. The molecule has 1 rings (SSSR count). The fraction of sp³-hybridized carbons (Fsp3) is 0.500. The Labute approximate surface area is 91.1 Å². The van der Waals surface area contributed by atoms with E-state index in [-0.39, 0.29) is 0 Å². The largest absolute Gasteiger partial charge is 0.330 e. The average molecular weight is 209 g/mol. The summed E-state index contributed by atoms with van der Waals surface area (Å²) in [4.78, 5) is 0. The fourth-order valence-corrected chi connectivity index (χ4v) is 2.19. The molecule has 0 aromatic heterocycles. The van der Waals surface area contributed by atoms with Gasteiger partial charge in [0.15, 0.2) is 0 Å². The van der Waals surface area contributed by atoms with Crippen LogP contribution in [0.1, 0.15) is 24.5 Å². The Balaban J connectivity index is 2.29. The van der Waals surface area contributed by atoms with Crippen LogP contribution in [0.4, 0.5) is 0 Å². The summed E-state index contributed by atoms with van der Waals surface area (Å²) in [5, 5.41) is 0. The Morgan fingerprint density at radius 2 is 1.79 bits per heavy atom. The topological polar surface area (TPSA) is 26.0 Å². The van der Waals surface area contributed by atoms with Crippen molar-refractivity contribution in [2.75, 3.05) is 12.3 Å². The van der Waals surface area contributed by atoms with Gasteiger partial charge >= 0.3 is 0 Å². The molecule has 78 valence electrons. The van der Waals surface area contributed by atoms with Crippen LogP contribution in [0.15, 0.2) is 24.3 Å². The first-order chi connectivity index (χ1) is 6.86. The summed E-state index contributed by atoms with van der Waals surface area (Å²) >= 11 is 1.96. The molecule has 2 N–H and O–H groups in total. The van der Waals surface area contributed by atoms with E-state index in [0.29, 0.717) is 0 Å². The van der Waals surface area contributed by atoms with E-state index in [1.807, 2.05) is 11.8 Å². The summed E-state index contributed by atoms with van der Waals surface area (Å²) in [6.07, 6.45) is 2.25. The lowest BCUT2D eigenvalue weighted by Gasteiger charge is -2.02. The van der Waals surface area contributed by atoms with Crippen LogP contribution in [-0.2, 0) is 12.2 Å². The van der Waals surface area contributed by atoms with E-state index in [0.717, 1.165) is 25.1 Å². The van der Waals surface area contributed by atoms with Gasteiger partial charge in [-0.3, -0.25) is 0 Å². The van der Waals surface area contributed by atoms with Crippen LogP contribution in [0.5, 0.6) is 0 Å². The Hall–Kier alpha value is -0.470. The minimum Gasteiger partial charge on any atom is -0.330 e. The lowest BCUT2D eigenvalue weighted by atomic mass is 10.1. The maximum atomic E-state index is 5.43. The van der Waals surface area contributed by atoms with Crippen LogP contribution in [0.2, 0.25) is 0 Å². The third kappa shape index (κ3) is 4.16. The van der Waals surface area contributed by atoms with Crippen molar-refractivity contribution < 1.29 is 0 Å². The number of hydrogen-bond acceptors (Lipinski definition) is 2. The number of rotatable bonds is 6. The third-order valence-electron chi connectivity index (χ3n) is 2.19. The quantitative estimate of drug-likeness (QED) is 0.729. The number of thioether (sulfide) groups is 1. The second kappa shape index (κ2) is 6.91. The first-order valence-electron chi connectivity index (χ1n) is 5.22. The van der Waals surface area contributed by atoms with Crippen molar-refractivity contribution in [3.8, 4) is 0 Å². The van der Waals surface area contributed by atoms with Gasteiger partial charge in [0.1, 0.15) is 0 Å². The molecule has 0 saturated carbocycles. The molecule has 0 heterocycles. The smallest absolute Gasteiger partial charge is 0.0184 e. The molecule has 1 aromatic rings. The van der Waals surface area contributed by atoms with Gasteiger partial charge in [0.25, 0.3) is 0 Å². The summed E-state index contributed by atoms with van der Waals surface area (Å²) in [5.41, 5.74) is 8.27. The molecular formula is C12H19NS. The van der Waals surface area contributed by atoms with E-state index in [9.17, 15) is 0 Å². The molecule has 0 unspecified atom stereocenters. The highest BCUT2D eigenvalue weighted by Crippen LogP contribution is 2.13. The van der Waals surface area contributed by atoms with E-state index < -0.39 is 0 Å². The molecule has 0 bridgehead atoms. The normalized spacial score (nSPS) is 10.4. The molecule has 0 saturated heterocycles. The van der Waals surface area contributed by atoms with Crippen LogP contribution in [0.25, 0.3) is 0 Å². The second-order valence-electron chi connectivity index (χ2n) is 3.36. The van der Waals surface area contributed by atoms with E-state index >= 15 is 0 Å². The first-order valence-corrected chi connectivity index (χ1v) is 6.38. The van der Waals surface area contributed by atoms with E-state index in [2.05, 4.69) is 31.2 Å². The zero-order valence-electron chi connectivity index (χ0n) is 8.83. The number of benzene rings is 1. The molecule has 0 aliphatic rings. The lowest BCUT2D eigenvalue weighted by molar-refractivity contribution is 0.943. The van der Waals surface area contributed by atoms with Gasteiger partial charge in [-0.1, -0.05) is 31.2 Å². The van der Waals surface area contributed by atoms with Gasteiger partial charge in [-0.2, -0.15) is 11.8 Å². The van der Waals surface area contributed by atoms with Crippen molar-refractivity contribution in [1.82, 2.24) is 0 Å². The summed E-state index contributed by atoms with van der Waals surface area (Å²) < 4.78 is 0. The number of nitrogens with two attached hydrogens (primary N) is 1. The summed E-state index contributed by atoms with van der Waals surface area (Å²) in [7, 11) is 0. The molecule has 0 radical (unpaired) electrons. The van der Waals surface area contributed by atoms with Gasteiger partial charge in [-0.25, -0.2) is 0 Å². The van der Waals surface area contributed by atoms with Crippen molar-refractivity contribution in [1.29, 1.82) is 0 Å². The average Bonchev–Trinajstić information content (AvgIpc) is 2.25. The van der Waals surface area contributed by atoms with Gasteiger partial charge in [-0.05, 0) is 36.3 Å². The standard InChI is InChI=1S/C12H19NS/c1-2-11-4-6-12(7-5-11)10-14-9-3-8-13/h4-7H,2-3,8-10,13H2,1H3. The molecule has 1 aromatic carbocycles. The highest BCUT2D eigenvalue weighted by molar-refractivity contribution is 7.98. The molecule has 0 fully saturated rings. The predicted molar refractivity (Wildman–Crippen MR) is 65.7 cm³/mol. The predicted octanol–water partition coefficient (Wildman–Crippen LogP) is 2.83. The van der Waals surface area contributed by atoms with Crippen LogP contribution in [0, 0.1) is 0 Å². The van der Waals surface area contributed by atoms with E-state index in [4.69, 9.17) is 5.73 Å².